The van der Waals surface area contributed by atoms with Crippen LogP contribution in [0.15, 0.2) is 73.1 Å². The van der Waals surface area contributed by atoms with Gasteiger partial charge in [0.25, 0.3) is 5.91 Å². The number of halogens is 1. The highest BCUT2D eigenvalue weighted by molar-refractivity contribution is 6.30. The molecule has 0 bridgehead atoms. The molecule has 198 valence electrons. The summed E-state index contributed by atoms with van der Waals surface area (Å²) in [7, 11) is 0. The normalized spacial score (nSPS) is 12.9. The van der Waals surface area contributed by atoms with Gasteiger partial charge in [0.05, 0.1) is 12.3 Å². The third-order valence-corrected chi connectivity index (χ3v) is 6.67. The van der Waals surface area contributed by atoms with Gasteiger partial charge < -0.3 is 10.1 Å². The molecule has 38 heavy (non-hydrogen) atoms. The summed E-state index contributed by atoms with van der Waals surface area (Å²) in [5, 5.41) is 3.80. The Morgan fingerprint density at radius 1 is 1.05 bits per heavy atom. The van der Waals surface area contributed by atoms with Crippen molar-refractivity contribution in [3.63, 3.8) is 0 Å². The molecule has 2 unspecified atom stereocenters. The first kappa shape index (κ1) is 27.3. The molecular weight excluding hydrogens is 500 g/mol. The van der Waals surface area contributed by atoms with Crippen LogP contribution in [0.25, 0.3) is 5.65 Å². The van der Waals surface area contributed by atoms with E-state index in [2.05, 4.69) is 29.1 Å². The summed E-state index contributed by atoms with van der Waals surface area (Å²) < 4.78 is 7.08. The van der Waals surface area contributed by atoms with Crippen molar-refractivity contribution >= 4 is 29.1 Å². The van der Waals surface area contributed by atoms with Crippen molar-refractivity contribution in [3.8, 4) is 0 Å². The van der Waals surface area contributed by atoms with Gasteiger partial charge in [-0.25, -0.2) is 4.98 Å². The predicted molar refractivity (Wildman–Crippen MR) is 148 cm³/mol. The number of esters is 1. The Kier molecular flexibility index (Phi) is 9.13. The molecule has 1 N–H and O–H groups in total. The zero-order valence-electron chi connectivity index (χ0n) is 21.9. The number of rotatable bonds is 11. The third-order valence-electron chi connectivity index (χ3n) is 6.42. The topological polar surface area (TPSA) is 85.6 Å². The fourth-order valence-electron chi connectivity index (χ4n) is 4.61. The highest BCUT2D eigenvalue weighted by Crippen LogP contribution is 2.26. The summed E-state index contributed by atoms with van der Waals surface area (Å²) in [6, 6.07) is 18.7. The van der Waals surface area contributed by atoms with E-state index in [1.165, 1.54) is 0 Å². The van der Waals surface area contributed by atoms with Gasteiger partial charge in [-0.1, -0.05) is 49.7 Å². The third kappa shape index (κ3) is 6.78. The number of nitrogens with zero attached hydrogens (tertiary/aromatic N) is 3. The zero-order valence-corrected chi connectivity index (χ0v) is 22.7. The molecule has 1 amide bonds. The maximum Gasteiger partial charge on any atom is 0.315 e. The number of benzene rings is 1. The number of fused-ring (bicyclic) bond motifs is 1. The molecule has 3 aromatic heterocycles. The van der Waals surface area contributed by atoms with Crippen molar-refractivity contribution in [3.05, 3.63) is 101 Å². The van der Waals surface area contributed by atoms with E-state index >= 15 is 0 Å². The second-order valence-corrected chi connectivity index (χ2v) is 10.2. The molecule has 0 aliphatic carbocycles. The van der Waals surface area contributed by atoms with Gasteiger partial charge >= 0.3 is 5.97 Å². The predicted octanol–water partition coefficient (Wildman–Crippen LogP) is 5.83. The first-order valence-corrected chi connectivity index (χ1v) is 13.3. The van der Waals surface area contributed by atoms with E-state index in [1.54, 1.807) is 35.9 Å². The van der Waals surface area contributed by atoms with E-state index in [9.17, 15) is 9.59 Å². The molecular formula is C30H33ClN4O3. The molecule has 2 atom stereocenters. The Morgan fingerprint density at radius 2 is 1.84 bits per heavy atom. The molecule has 0 aliphatic heterocycles. The Balaban J connectivity index is 1.58. The van der Waals surface area contributed by atoms with E-state index in [0.29, 0.717) is 40.9 Å². The number of hydrogen-bond acceptors (Lipinski definition) is 5. The van der Waals surface area contributed by atoms with Gasteiger partial charge in [0, 0.05) is 42.0 Å². The van der Waals surface area contributed by atoms with E-state index < -0.39 is 5.92 Å². The van der Waals surface area contributed by atoms with Gasteiger partial charge in [-0.3, -0.25) is 19.0 Å². The number of carbonyl (C=O) groups is 2. The van der Waals surface area contributed by atoms with Gasteiger partial charge in [0.15, 0.2) is 0 Å². The van der Waals surface area contributed by atoms with Crippen molar-refractivity contribution in [2.45, 2.75) is 45.4 Å². The Hall–Kier alpha value is -3.71. The van der Waals surface area contributed by atoms with Crippen LogP contribution in [0.1, 0.15) is 66.5 Å². The van der Waals surface area contributed by atoms with Gasteiger partial charge in [-0.2, -0.15) is 0 Å². The molecule has 0 saturated carbocycles. The maximum absolute atomic E-state index is 13.4. The lowest BCUT2D eigenvalue weighted by Gasteiger charge is -2.20. The number of nitrogens with one attached hydrogen (secondary N) is 1. The minimum Gasteiger partial charge on any atom is -0.465 e. The summed E-state index contributed by atoms with van der Waals surface area (Å²) in [5.74, 6) is -0.598. The van der Waals surface area contributed by atoms with Gasteiger partial charge in [0.1, 0.15) is 17.3 Å². The monoisotopic (exact) mass is 532 g/mol. The fourth-order valence-corrected chi connectivity index (χ4v) is 4.74. The number of carbonyl (C=O) groups excluding carboxylic acids is 2. The van der Waals surface area contributed by atoms with Gasteiger partial charge in [-0.15, -0.1) is 0 Å². The quantitative estimate of drug-likeness (QED) is 0.245. The average Bonchev–Trinajstić information content (AvgIpc) is 3.34. The lowest BCUT2D eigenvalue weighted by molar-refractivity contribution is -0.145. The molecule has 0 fully saturated rings. The number of ether oxygens (including phenoxy) is 1. The van der Waals surface area contributed by atoms with E-state index in [0.717, 1.165) is 17.7 Å². The summed E-state index contributed by atoms with van der Waals surface area (Å²) >= 11 is 6.08. The zero-order chi connectivity index (χ0) is 27.1. The second kappa shape index (κ2) is 12.7. The lowest BCUT2D eigenvalue weighted by Crippen LogP contribution is -2.30. The van der Waals surface area contributed by atoms with E-state index in [4.69, 9.17) is 16.3 Å². The minimum absolute atomic E-state index is 0.153. The van der Waals surface area contributed by atoms with Gasteiger partial charge in [0.2, 0.25) is 0 Å². The highest BCUT2D eigenvalue weighted by Gasteiger charge is 2.27. The van der Waals surface area contributed by atoms with Crippen LogP contribution in [0.3, 0.4) is 0 Å². The molecule has 3 heterocycles. The Morgan fingerprint density at radius 3 is 2.53 bits per heavy atom. The highest BCUT2D eigenvalue weighted by atomic mass is 35.5. The molecule has 8 heteroatoms. The van der Waals surface area contributed by atoms with E-state index in [1.807, 2.05) is 48.5 Å². The van der Waals surface area contributed by atoms with Crippen molar-refractivity contribution < 1.29 is 14.3 Å². The van der Waals surface area contributed by atoms with Crippen LogP contribution in [0.2, 0.25) is 5.02 Å². The number of amides is 1. The largest absolute Gasteiger partial charge is 0.465 e. The van der Waals surface area contributed by atoms with Crippen LogP contribution in [0, 0.1) is 5.92 Å². The smallest absolute Gasteiger partial charge is 0.315 e. The van der Waals surface area contributed by atoms with E-state index in [-0.39, 0.29) is 24.4 Å². The number of hydrogen-bond donors (Lipinski definition) is 1. The van der Waals surface area contributed by atoms with Crippen LogP contribution >= 0.6 is 11.6 Å². The van der Waals surface area contributed by atoms with Crippen molar-refractivity contribution in [1.29, 1.82) is 0 Å². The van der Waals surface area contributed by atoms with Crippen molar-refractivity contribution in [2.24, 2.45) is 5.92 Å². The van der Waals surface area contributed by atoms with Crippen LogP contribution in [0.5, 0.6) is 0 Å². The SMILES string of the molecule is CCOC(=O)C(Cc1ccccn1)c1cn2c(C(=O)NCC(CC(C)C)c3ccc(Cl)cc3)cccc2n1. The van der Waals surface area contributed by atoms with Crippen LogP contribution in [-0.4, -0.2) is 39.4 Å². The summed E-state index contributed by atoms with van der Waals surface area (Å²) in [4.78, 5) is 35.3. The fraction of sp³-hybridized carbons (Fsp3) is 0.333. The molecule has 1 aromatic carbocycles. The maximum atomic E-state index is 13.4. The molecule has 4 rings (SSSR count). The molecule has 0 saturated heterocycles. The van der Waals surface area contributed by atoms with Crippen LogP contribution in [-0.2, 0) is 16.0 Å². The first-order valence-electron chi connectivity index (χ1n) is 12.9. The van der Waals surface area contributed by atoms with Crippen molar-refractivity contribution in [1.82, 2.24) is 19.7 Å². The number of pyridine rings is 2. The summed E-state index contributed by atoms with van der Waals surface area (Å²) in [6.07, 6.45) is 4.72. The Bertz CT molecular complexity index is 1370. The second-order valence-electron chi connectivity index (χ2n) is 9.72. The summed E-state index contributed by atoms with van der Waals surface area (Å²) in [6.45, 7) is 6.87. The molecule has 4 aromatic rings. The molecule has 0 spiro atoms. The lowest BCUT2D eigenvalue weighted by atomic mass is 9.90. The first-order chi connectivity index (χ1) is 18.4. The van der Waals surface area contributed by atoms with Gasteiger partial charge in [-0.05, 0) is 61.2 Å². The standard InChI is InChI=1S/C30H33ClN4O3/c1-4-38-30(37)25(17-24-8-5-6-15-32-24)26-19-35-27(9-7-10-28(35)34-26)29(36)33-18-22(16-20(2)3)21-11-13-23(31)14-12-21/h5-15,19-20,22,25H,4,16-18H2,1-3H3,(H,33,36). The number of imidazole rings is 1. The Labute approximate surface area is 228 Å². The van der Waals surface area contributed by atoms with Crippen molar-refractivity contribution in [2.75, 3.05) is 13.2 Å². The average molecular weight is 533 g/mol. The molecule has 0 radical (unpaired) electrons. The molecule has 0 aliphatic rings. The molecule has 7 nitrogen and oxygen atoms in total. The summed E-state index contributed by atoms with van der Waals surface area (Å²) in [5.41, 5.74) is 3.46. The number of aromatic nitrogens is 3. The van der Waals surface area contributed by atoms with Crippen LogP contribution < -0.4 is 5.32 Å². The van der Waals surface area contributed by atoms with Crippen LogP contribution in [0.4, 0.5) is 0 Å². The minimum atomic E-state index is -0.638.